The number of aliphatic hydroxyl groups excluding tert-OH is 2. The molecule has 0 aromatic heterocycles. The summed E-state index contributed by atoms with van der Waals surface area (Å²) in [5, 5.41) is 41.2. The summed E-state index contributed by atoms with van der Waals surface area (Å²) in [6.07, 6.45) is 2.36. The van der Waals surface area contributed by atoms with Gasteiger partial charge in [-0.2, -0.15) is 0 Å². The van der Waals surface area contributed by atoms with Gasteiger partial charge in [0, 0.05) is 30.5 Å². The molecule has 28 heavy (non-hydrogen) atoms. The fraction of sp³-hybridized carbons (Fsp3) is 0.318. The van der Waals surface area contributed by atoms with E-state index in [2.05, 4.69) is 5.73 Å². The van der Waals surface area contributed by atoms with Crippen LogP contribution in [0.3, 0.4) is 0 Å². The monoisotopic (exact) mass is 383 g/mol. The van der Waals surface area contributed by atoms with E-state index in [1.165, 1.54) is 18.2 Å². The summed E-state index contributed by atoms with van der Waals surface area (Å²) in [4.78, 5) is 10.3. The van der Waals surface area contributed by atoms with E-state index in [-0.39, 0.29) is 11.4 Å². The third-order valence-electron chi connectivity index (χ3n) is 4.42. The molecule has 148 valence electrons. The summed E-state index contributed by atoms with van der Waals surface area (Å²) in [7, 11) is 0. The van der Waals surface area contributed by atoms with Crippen molar-refractivity contribution in [2.45, 2.75) is 44.8 Å². The van der Waals surface area contributed by atoms with Crippen molar-refractivity contribution in [1.82, 2.24) is 0 Å². The maximum atomic E-state index is 10.7. The molecular formula is C22H25NO5. The zero-order valence-electron chi connectivity index (χ0n) is 15.8. The minimum Gasteiger partial charge on any atom is -0.508 e. The van der Waals surface area contributed by atoms with E-state index in [1.54, 1.807) is 36.4 Å². The van der Waals surface area contributed by atoms with Crippen molar-refractivity contribution in [1.29, 1.82) is 0 Å². The molecule has 0 bridgehead atoms. The van der Waals surface area contributed by atoms with Crippen molar-refractivity contribution in [2.24, 2.45) is 0 Å². The highest BCUT2D eigenvalue weighted by Gasteiger charge is 2.13. The fourth-order valence-corrected chi connectivity index (χ4v) is 2.92. The van der Waals surface area contributed by atoms with Gasteiger partial charge in [-0.15, -0.1) is 5.73 Å². The molecule has 0 heterocycles. The Morgan fingerprint density at radius 3 is 2.43 bits per heavy atom. The molecule has 0 aliphatic carbocycles. The molecular weight excluding hydrogens is 358 g/mol. The van der Waals surface area contributed by atoms with Gasteiger partial charge in [-0.05, 0) is 41.8 Å². The molecule has 2 aromatic carbocycles. The highest BCUT2D eigenvalue weighted by molar-refractivity contribution is 5.35. The first-order valence-corrected chi connectivity index (χ1v) is 9.23. The number of phenols is 1. The van der Waals surface area contributed by atoms with Crippen LogP contribution in [-0.2, 0) is 0 Å². The van der Waals surface area contributed by atoms with Crippen LogP contribution in [0.4, 0.5) is 5.69 Å². The molecule has 0 aliphatic rings. The van der Waals surface area contributed by atoms with Crippen molar-refractivity contribution in [3.05, 3.63) is 87.2 Å². The van der Waals surface area contributed by atoms with Gasteiger partial charge < -0.3 is 15.3 Å². The second-order valence-electron chi connectivity index (χ2n) is 6.58. The van der Waals surface area contributed by atoms with E-state index < -0.39 is 17.1 Å². The summed E-state index contributed by atoms with van der Waals surface area (Å²) < 4.78 is 0. The largest absolute Gasteiger partial charge is 0.508 e. The van der Waals surface area contributed by atoms with Crippen molar-refractivity contribution in [3.63, 3.8) is 0 Å². The number of para-hydroxylation sites is 1. The molecule has 0 saturated heterocycles. The van der Waals surface area contributed by atoms with Crippen LogP contribution in [-0.4, -0.2) is 20.2 Å². The molecule has 0 unspecified atom stereocenters. The predicted molar refractivity (Wildman–Crippen MR) is 107 cm³/mol. The van der Waals surface area contributed by atoms with E-state index >= 15 is 0 Å². The van der Waals surface area contributed by atoms with Gasteiger partial charge in [-0.25, -0.2) is 0 Å². The summed E-state index contributed by atoms with van der Waals surface area (Å²) in [6, 6.07) is 12.5. The molecule has 0 radical (unpaired) electrons. The Balaban J connectivity index is 2.07. The van der Waals surface area contributed by atoms with Gasteiger partial charge in [0.15, 0.2) is 0 Å². The van der Waals surface area contributed by atoms with E-state index in [4.69, 9.17) is 0 Å². The molecule has 2 aromatic rings. The van der Waals surface area contributed by atoms with Crippen LogP contribution < -0.4 is 0 Å². The quantitative estimate of drug-likeness (QED) is 0.330. The Labute approximate surface area is 164 Å². The number of nitro benzene ring substituents is 1. The van der Waals surface area contributed by atoms with Gasteiger partial charge in [0.2, 0.25) is 0 Å². The van der Waals surface area contributed by atoms with E-state index in [1.807, 2.05) is 6.92 Å². The Morgan fingerprint density at radius 2 is 1.82 bits per heavy atom. The molecule has 0 fully saturated rings. The Bertz CT molecular complexity index is 853. The second-order valence-corrected chi connectivity index (χ2v) is 6.58. The van der Waals surface area contributed by atoms with E-state index in [9.17, 15) is 25.4 Å². The molecule has 6 nitrogen and oxygen atoms in total. The van der Waals surface area contributed by atoms with Crippen molar-refractivity contribution < 1.29 is 20.2 Å². The van der Waals surface area contributed by atoms with Gasteiger partial charge in [-0.1, -0.05) is 31.5 Å². The van der Waals surface area contributed by atoms with Crippen LogP contribution in [0.15, 0.2) is 65.9 Å². The number of aromatic hydroxyl groups is 1. The molecule has 2 atom stereocenters. The smallest absolute Gasteiger partial charge is 0.269 e. The highest BCUT2D eigenvalue weighted by Crippen LogP contribution is 2.27. The first-order valence-electron chi connectivity index (χ1n) is 9.23. The Morgan fingerprint density at radius 1 is 1.14 bits per heavy atom. The standard InChI is InChI=1S/C22H25NO5/c1-2-6-16(7-5-10-21(25)19-8-3-4-9-20(19)24)15-22(26)17-11-13-18(14-12-17)23(27)28/h3-5,8-9,11-14,21-22,24-26H,2,6,10,15H2,1H3/t7?,21-,22-/m1/s1. The number of phenolic OH excluding ortho intramolecular Hbond substituents is 1. The van der Waals surface area contributed by atoms with E-state index in [0.717, 1.165) is 18.4 Å². The van der Waals surface area contributed by atoms with Gasteiger partial charge in [-0.3, -0.25) is 10.1 Å². The number of nitrogens with zero attached hydrogens (tertiary/aromatic N) is 1. The maximum absolute atomic E-state index is 10.7. The maximum Gasteiger partial charge on any atom is 0.269 e. The lowest BCUT2D eigenvalue weighted by Gasteiger charge is -2.12. The van der Waals surface area contributed by atoms with Crippen LogP contribution in [0.1, 0.15) is 55.9 Å². The molecule has 3 N–H and O–H groups in total. The Hall–Kier alpha value is -2.92. The molecule has 0 saturated carbocycles. The molecule has 0 spiro atoms. The van der Waals surface area contributed by atoms with Crippen LogP contribution in [0, 0.1) is 10.1 Å². The summed E-state index contributed by atoms with van der Waals surface area (Å²) in [5.41, 5.74) is 5.11. The zero-order valence-corrected chi connectivity index (χ0v) is 15.8. The number of benzene rings is 2. The third-order valence-corrected chi connectivity index (χ3v) is 4.42. The lowest BCUT2D eigenvalue weighted by atomic mass is 9.98. The first-order chi connectivity index (χ1) is 13.4. The van der Waals surface area contributed by atoms with Crippen LogP contribution in [0.25, 0.3) is 0 Å². The lowest BCUT2D eigenvalue weighted by Crippen LogP contribution is -2.00. The molecule has 6 heteroatoms. The number of rotatable bonds is 9. The van der Waals surface area contributed by atoms with Crippen molar-refractivity contribution in [3.8, 4) is 5.75 Å². The average molecular weight is 383 g/mol. The van der Waals surface area contributed by atoms with Gasteiger partial charge in [0.1, 0.15) is 5.75 Å². The summed E-state index contributed by atoms with van der Waals surface area (Å²) in [6.45, 7) is 2.02. The van der Waals surface area contributed by atoms with Crippen LogP contribution in [0.5, 0.6) is 5.75 Å². The average Bonchev–Trinajstić information content (AvgIpc) is 2.68. The normalized spacial score (nSPS) is 12.7. The highest BCUT2D eigenvalue weighted by atomic mass is 16.6. The van der Waals surface area contributed by atoms with Gasteiger partial charge >= 0.3 is 0 Å². The minimum atomic E-state index is -0.837. The number of nitro groups is 1. The molecule has 0 aliphatic heterocycles. The summed E-state index contributed by atoms with van der Waals surface area (Å²) >= 11 is 0. The van der Waals surface area contributed by atoms with Gasteiger partial charge in [0.25, 0.3) is 5.69 Å². The molecule has 0 amide bonds. The third kappa shape index (κ3) is 6.06. The zero-order chi connectivity index (χ0) is 20.5. The Kier molecular flexibility index (Phi) is 7.96. The number of hydrogen-bond donors (Lipinski definition) is 3. The topological polar surface area (TPSA) is 104 Å². The second kappa shape index (κ2) is 10.4. The van der Waals surface area contributed by atoms with Crippen LogP contribution in [0.2, 0.25) is 0 Å². The predicted octanol–water partition coefficient (Wildman–Crippen LogP) is 4.73. The van der Waals surface area contributed by atoms with Crippen molar-refractivity contribution >= 4 is 5.69 Å². The SMILES string of the molecule is CCCC(=C=CC[C@@H](O)c1ccccc1O)C[C@@H](O)c1ccc([N+](=O)[O-])cc1. The van der Waals surface area contributed by atoms with E-state index in [0.29, 0.717) is 24.0 Å². The minimum absolute atomic E-state index is 0.0154. The summed E-state index contributed by atoms with van der Waals surface area (Å²) in [5.74, 6) is 0.0507. The number of aliphatic hydroxyl groups is 2. The number of non-ortho nitro benzene ring substituents is 1. The first kappa shape index (κ1) is 21.4. The number of hydrogen-bond acceptors (Lipinski definition) is 5. The van der Waals surface area contributed by atoms with Crippen LogP contribution >= 0.6 is 0 Å². The molecule has 2 rings (SSSR count). The lowest BCUT2D eigenvalue weighted by molar-refractivity contribution is -0.384. The van der Waals surface area contributed by atoms with Gasteiger partial charge in [0.05, 0.1) is 17.1 Å². The fourth-order valence-electron chi connectivity index (χ4n) is 2.92. The van der Waals surface area contributed by atoms with Crippen molar-refractivity contribution in [2.75, 3.05) is 0 Å².